The summed E-state index contributed by atoms with van der Waals surface area (Å²) in [6.45, 7) is 1.33. The van der Waals surface area contributed by atoms with Gasteiger partial charge < -0.3 is 14.4 Å². The third kappa shape index (κ3) is 3.86. The summed E-state index contributed by atoms with van der Waals surface area (Å²) in [7, 11) is 5.14. The number of aryl methyl sites for hydroxylation is 1. The average Bonchev–Trinajstić information content (AvgIpc) is 3.40. The highest BCUT2D eigenvalue weighted by atomic mass is 16.5. The average molecular weight is 396 g/mol. The number of hydrogen-bond donors (Lipinski definition) is 0. The predicted octanol–water partition coefficient (Wildman–Crippen LogP) is 1.93. The van der Waals surface area contributed by atoms with Gasteiger partial charge in [-0.05, 0) is 25.0 Å². The van der Waals surface area contributed by atoms with Crippen LogP contribution in [0.15, 0.2) is 36.8 Å². The van der Waals surface area contributed by atoms with Gasteiger partial charge in [-0.15, -0.1) is 0 Å². The van der Waals surface area contributed by atoms with Crippen molar-refractivity contribution in [2.24, 2.45) is 7.05 Å². The first-order valence-electron chi connectivity index (χ1n) is 9.50. The van der Waals surface area contributed by atoms with Crippen molar-refractivity contribution in [2.45, 2.75) is 18.9 Å². The van der Waals surface area contributed by atoms with E-state index in [-0.39, 0.29) is 12.0 Å². The molecule has 4 rings (SSSR count). The van der Waals surface area contributed by atoms with Gasteiger partial charge in [0.2, 0.25) is 5.88 Å². The lowest BCUT2D eigenvalue weighted by molar-refractivity contribution is 0.0347. The lowest BCUT2D eigenvalue weighted by Crippen LogP contribution is -2.40. The number of ether oxygens (including phenoxy) is 2. The number of carbonyl (C=O) groups is 1. The molecular weight excluding hydrogens is 372 g/mol. The van der Waals surface area contributed by atoms with E-state index < -0.39 is 0 Å². The highest BCUT2D eigenvalue weighted by Gasteiger charge is 2.26. The van der Waals surface area contributed by atoms with Crippen LogP contribution in [-0.2, 0) is 11.8 Å². The van der Waals surface area contributed by atoms with Crippen molar-refractivity contribution in [3.05, 3.63) is 42.5 Å². The SMILES string of the molecule is COc1ccc(-n2nc(C(=O)N3CCC(OC)CC3)cc2-c2cnn(C)c2)cn1. The van der Waals surface area contributed by atoms with Gasteiger partial charge in [-0.1, -0.05) is 0 Å². The zero-order valence-electron chi connectivity index (χ0n) is 16.8. The molecule has 3 aromatic heterocycles. The summed E-state index contributed by atoms with van der Waals surface area (Å²) in [4.78, 5) is 19.2. The van der Waals surface area contributed by atoms with Gasteiger partial charge in [0.1, 0.15) is 0 Å². The number of rotatable bonds is 5. The van der Waals surface area contributed by atoms with Crippen molar-refractivity contribution in [1.29, 1.82) is 0 Å². The minimum atomic E-state index is -0.0788. The van der Waals surface area contributed by atoms with E-state index in [1.54, 1.807) is 42.0 Å². The summed E-state index contributed by atoms with van der Waals surface area (Å²) in [5, 5.41) is 8.86. The van der Waals surface area contributed by atoms with Gasteiger partial charge in [-0.25, -0.2) is 9.67 Å². The van der Waals surface area contributed by atoms with Gasteiger partial charge in [0.05, 0.1) is 37.0 Å². The predicted molar refractivity (Wildman–Crippen MR) is 106 cm³/mol. The third-order valence-corrected chi connectivity index (χ3v) is 5.17. The highest BCUT2D eigenvalue weighted by Crippen LogP contribution is 2.25. The molecule has 152 valence electrons. The smallest absolute Gasteiger partial charge is 0.274 e. The molecule has 0 aromatic carbocycles. The van der Waals surface area contributed by atoms with Crippen molar-refractivity contribution in [2.75, 3.05) is 27.3 Å². The normalized spacial score (nSPS) is 14.9. The summed E-state index contributed by atoms with van der Waals surface area (Å²) in [6, 6.07) is 5.43. The first-order chi connectivity index (χ1) is 14.1. The maximum atomic E-state index is 13.1. The Morgan fingerprint density at radius 3 is 2.55 bits per heavy atom. The second-order valence-corrected chi connectivity index (χ2v) is 7.02. The van der Waals surface area contributed by atoms with Crippen LogP contribution in [-0.4, -0.2) is 68.8 Å². The molecule has 1 aliphatic rings. The Balaban J connectivity index is 1.68. The van der Waals surface area contributed by atoms with Crippen LogP contribution in [0.1, 0.15) is 23.3 Å². The third-order valence-electron chi connectivity index (χ3n) is 5.17. The van der Waals surface area contributed by atoms with E-state index in [0.717, 1.165) is 29.8 Å². The fourth-order valence-corrected chi connectivity index (χ4v) is 3.52. The van der Waals surface area contributed by atoms with E-state index in [1.807, 2.05) is 30.3 Å². The molecule has 1 saturated heterocycles. The number of piperidine rings is 1. The van der Waals surface area contributed by atoms with Crippen LogP contribution in [0.5, 0.6) is 5.88 Å². The van der Waals surface area contributed by atoms with Gasteiger partial charge >= 0.3 is 0 Å². The van der Waals surface area contributed by atoms with E-state index in [9.17, 15) is 4.79 Å². The minimum Gasteiger partial charge on any atom is -0.481 e. The van der Waals surface area contributed by atoms with Crippen LogP contribution in [0.4, 0.5) is 0 Å². The first kappa shape index (κ1) is 19.1. The Morgan fingerprint density at radius 1 is 1.17 bits per heavy atom. The number of amides is 1. The molecule has 1 fully saturated rings. The molecule has 0 aliphatic carbocycles. The molecule has 0 N–H and O–H groups in total. The monoisotopic (exact) mass is 396 g/mol. The molecule has 1 amide bonds. The van der Waals surface area contributed by atoms with Crippen molar-refractivity contribution in [1.82, 2.24) is 29.4 Å². The van der Waals surface area contributed by atoms with Crippen LogP contribution in [0.3, 0.4) is 0 Å². The van der Waals surface area contributed by atoms with Crippen molar-refractivity contribution in [3.63, 3.8) is 0 Å². The Bertz CT molecular complexity index is 986. The maximum absolute atomic E-state index is 13.1. The second kappa shape index (κ2) is 8.04. The molecule has 0 radical (unpaired) electrons. The Morgan fingerprint density at radius 2 is 1.97 bits per heavy atom. The summed E-state index contributed by atoms with van der Waals surface area (Å²) in [5.74, 6) is 0.436. The first-order valence-corrected chi connectivity index (χ1v) is 9.50. The van der Waals surface area contributed by atoms with Crippen LogP contribution < -0.4 is 4.74 Å². The van der Waals surface area contributed by atoms with Crippen molar-refractivity contribution < 1.29 is 14.3 Å². The minimum absolute atomic E-state index is 0.0788. The molecular formula is C20H24N6O3. The maximum Gasteiger partial charge on any atom is 0.274 e. The van der Waals surface area contributed by atoms with E-state index >= 15 is 0 Å². The number of hydrogen-bond acceptors (Lipinski definition) is 6. The lowest BCUT2D eigenvalue weighted by Gasteiger charge is -2.30. The molecule has 4 heterocycles. The zero-order valence-corrected chi connectivity index (χ0v) is 16.8. The molecule has 0 saturated carbocycles. The quantitative estimate of drug-likeness (QED) is 0.655. The number of nitrogens with zero attached hydrogens (tertiary/aromatic N) is 6. The van der Waals surface area contributed by atoms with Gasteiger partial charge in [0.25, 0.3) is 5.91 Å². The Kier molecular flexibility index (Phi) is 5.30. The second-order valence-electron chi connectivity index (χ2n) is 7.02. The van der Waals surface area contributed by atoms with E-state index in [0.29, 0.717) is 24.7 Å². The molecule has 0 spiro atoms. The zero-order chi connectivity index (χ0) is 20.4. The Hall–Kier alpha value is -3.20. The molecule has 0 unspecified atom stereocenters. The number of pyridine rings is 1. The van der Waals surface area contributed by atoms with Crippen LogP contribution in [0.2, 0.25) is 0 Å². The summed E-state index contributed by atoms with van der Waals surface area (Å²) in [5.41, 5.74) is 2.78. The molecule has 29 heavy (non-hydrogen) atoms. The summed E-state index contributed by atoms with van der Waals surface area (Å²) >= 11 is 0. The van der Waals surface area contributed by atoms with E-state index in [2.05, 4.69) is 15.2 Å². The van der Waals surface area contributed by atoms with Gasteiger partial charge in [-0.3, -0.25) is 9.48 Å². The number of aromatic nitrogens is 5. The summed E-state index contributed by atoms with van der Waals surface area (Å²) in [6.07, 6.45) is 7.20. The molecule has 3 aromatic rings. The number of likely N-dealkylation sites (tertiary alicyclic amines) is 1. The standard InChI is InChI=1S/C20H24N6O3/c1-24-13-14(11-22-24)18-10-17(20(27)25-8-6-16(28-2)7-9-25)23-26(18)15-4-5-19(29-3)21-12-15/h4-5,10-13,16H,6-9H2,1-3H3. The van der Waals surface area contributed by atoms with E-state index in [1.165, 1.54) is 0 Å². The Labute approximate surface area is 168 Å². The lowest BCUT2D eigenvalue weighted by atomic mass is 10.1. The molecule has 9 heteroatoms. The van der Waals surface area contributed by atoms with Gasteiger partial charge in [-0.2, -0.15) is 10.2 Å². The topological polar surface area (TPSA) is 87.3 Å². The molecule has 0 atom stereocenters. The molecule has 1 aliphatic heterocycles. The van der Waals surface area contributed by atoms with E-state index in [4.69, 9.17) is 9.47 Å². The van der Waals surface area contributed by atoms with Crippen LogP contribution >= 0.6 is 0 Å². The fraction of sp³-hybridized carbons (Fsp3) is 0.400. The highest BCUT2D eigenvalue weighted by molar-refractivity contribution is 5.93. The van der Waals surface area contributed by atoms with Crippen LogP contribution in [0.25, 0.3) is 16.9 Å². The van der Waals surface area contributed by atoms with Gasteiger partial charge in [0.15, 0.2) is 5.69 Å². The van der Waals surface area contributed by atoms with Crippen LogP contribution in [0, 0.1) is 0 Å². The largest absolute Gasteiger partial charge is 0.481 e. The summed E-state index contributed by atoms with van der Waals surface area (Å²) < 4.78 is 14.0. The van der Waals surface area contributed by atoms with Crippen molar-refractivity contribution in [3.8, 4) is 22.8 Å². The fourth-order valence-electron chi connectivity index (χ4n) is 3.52. The number of methoxy groups -OCH3 is 2. The van der Waals surface area contributed by atoms with Crippen molar-refractivity contribution >= 4 is 5.91 Å². The molecule has 0 bridgehead atoms. The van der Waals surface area contributed by atoms with Gasteiger partial charge in [0, 0.05) is 45.1 Å². The number of carbonyl (C=O) groups excluding carboxylic acids is 1. The molecule has 9 nitrogen and oxygen atoms in total.